The SMILES string of the molecule is CCNC(=O)OC(C)(C)C.Cc1cnc(NC(=O)CNC=O)cc1Cl.c1ccc2c(c1)CCNC2. The number of alkyl carbamates (subject to hydrolysis) is 1. The number of benzene rings is 1. The van der Waals surface area contributed by atoms with Crippen molar-refractivity contribution >= 4 is 35.8 Å². The summed E-state index contributed by atoms with van der Waals surface area (Å²) >= 11 is 5.84. The lowest BCUT2D eigenvalue weighted by Crippen LogP contribution is -2.32. The first-order chi connectivity index (χ1) is 16.6. The van der Waals surface area contributed by atoms with E-state index in [1.54, 1.807) is 12.3 Å². The van der Waals surface area contributed by atoms with Gasteiger partial charge in [-0.25, -0.2) is 9.78 Å². The van der Waals surface area contributed by atoms with Gasteiger partial charge < -0.3 is 26.0 Å². The minimum atomic E-state index is -0.390. The van der Waals surface area contributed by atoms with Crippen molar-refractivity contribution in [3.63, 3.8) is 0 Å². The number of halogens is 1. The first-order valence-electron chi connectivity index (χ1n) is 11.4. The largest absolute Gasteiger partial charge is 0.444 e. The lowest BCUT2D eigenvalue weighted by Gasteiger charge is -2.19. The van der Waals surface area contributed by atoms with E-state index in [2.05, 4.69) is 50.5 Å². The van der Waals surface area contributed by atoms with Gasteiger partial charge >= 0.3 is 6.09 Å². The van der Waals surface area contributed by atoms with Gasteiger partial charge in [0.05, 0.1) is 6.54 Å². The molecule has 0 unspecified atom stereocenters. The second-order valence-electron chi connectivity index (χ2n) is 8.59. The maximum atomic E-state index is 11.2. The molecule has 0 spiro atoms. The van der Waals surface area contributed by atoms with Crippen LogP contribution in [0.4, 0.5) is 10.6 Å². The van der Waals surface area contributed by atoms with E-state index < -0.39 is 0 Å². The number of aromatic nitrogens is 1. The van der Waals surface area contributed by atoms with Gasteiger partial charge in [0.25, 0.3) is 0 Å². The summed E-state index contributed by atoms with van der Waals surface area (Å²) in [6.45, 7) is 11.9. The number of anilines is 1. The van der Waals surface area contributed by atoms with E-state index in [0.717, 1.165) is 18.7 Å². The minimum Gasteiger partial charge on any atom is -0.444 e. The molecule has 3 rings (SSSR count). The number of hydrogen-bond donors (Lipinski definition) is 4. The van der Waals surface area contributed by atoms with Crippen LogP contribution in [-0.4, -0.2) is 48.6 Å². The van der Waals surface area contributed by atoms with Crippen LogP contribution in [0.2, 0.25) is 5.02 Å². The van der Waals surface area contributed by atoms with Crippen molar-refractivity contribution in [1.29, 1.82) is 0 Å². The Hall–Kier alpha value is -3.17. The molecule has 0 fully saturated rings. The predicted molar refractivity (Wildman–Crippen MR) is 138 cm³/mol. The summed E-state index contributed by atoms with van der Waals surface area (Å²) in [6, 6.07) is 10.2. The average molecular weight is 506 g/mol. The Morgan fingerprint density at radius 3 is 2.49 bits per heavy atom. The number of carbonyl (C=O) groups excluding carboxylic acids is 3. The second-order valence-corrected chi connectivity index (χ2v) is 9.00. The molecule has 0 aliphatic carbocycles. The minimum absolute atomic E-state index is 0.0866. The lowest BCUT2D eigenvalue weighted by molar-refractivity contribution is -0.118. The molecule has 1 aromatic carbocycles. The molecule has 192 valence electrons. The van der Waals surface area contributed by atoms with Gasteiger partial charge in [-0.05, 0) is 70.3 Å². The molecule has 1 aromatic heterocycles. The number of aryl methyl sites for hydroxylation is 1. The highest BCUT2D eigenvalue weighted by Crippen LogP contribution is 2.17. The fraction of sp³-hybridized carbons (Fsp3) is 0.440. The average Bonchev–Trinajstić information content (AvgIpc) is 2.80. The van der Waals surface area contributed by atoms with Gasteiger partial charge in [-0.3, -0.25) is 9.59 Å². The summed E-state index contributed by atoms with van der Waals surface area (Å²) in [5.41, 5.74) is 3.43. The van der Waals surface area contributed by atoms with Gasteiger partial charge in [-0.15, -0.1) is 0 Å². The van der Waals surface area contributed by atoms with Crippen LogP contribution in [0.1, 0.15) is 44.4 Å². The first kappa shape index (κ1) is 29.9. The third kappa shape index (κ3) is 13.3. The van der Waals surface area contributed by atoms with Crippen molar-refractivity contribution in [1.82, 2.24) is 20.9 Å². The zero-order valence-corrected chi connectivity index (χ0v) is 21.8. The molecule has 2 heterocycles. The summed E-state index contributed by atoms with van der Waals surface area (Å²) in [6.07, 6.45) is 2.85. The molecule has 1 aliphatic heterocycles. The second kappa shape index (κ2) is 15.7. The van der Waals surface area contributed by atoms with Gasteiger partial charge in [0.1, 0.15) is 11.4 Å². The third-order valence-corrected chi connectivity index (χ3v) is 4.78. The van der Waals surface area contributed by atoms with Crippen LogP contribution in [0.5, 0.6) is 0 Å². The summed E-state index contributed by atoms with van der Waals surface area (Å²) < 4.78 is 4.93. The van der Waals surface area contributed by atoms with Crippen LogP contribution >= 0.6 is 11.6 Å². The molecule has 0 atom stereocenters. The van der Waals surface area contributed by atoms with Crippen LogP contribution in [0.25, 0.3) is 0 Å². The Bertz CT molecular complexity index is 938. The maximum absolute atomic E-state index is 11.2. The molecule has 1 aliphatic rings. The molecule has 0 bridgehead atoms. The Labute approximate surface area is 212 Å². The fourth-order valence-corrected chi connectivity index (χ4v) is 2.92. The number of hydrogen-bond acceptors (Lipinski definition) is 6. The Morgan fingerprint density at radius 2 is 1.91 bits per heavy atom. The number of pyridine rings is 1. The van der Waals surface area contributed by atoms with E-state index >= 15 is 0 Å². The molecular formula is C25H36ClN5O4. The number of nitrogens with one attached hydrogen (secondary N) is 4. The van der Waals surface area contributed by atoms with Gasteiger partial charge in [0.2, 0.25) is 12.3 Å². The van der Waals surface area contributed by atoms with Crippen molar-refractivity contribution in [2.45, 2.75) is 53.2 Å². The van der Waals surface area contributed by atoms with Crippen molar-refractivity contribution in [3.8, 4) is 0 Å². The molecule has 2 aromatic rings. The Kier molecular flexibility index (Phi) is 13.4. The van der Waals surface area contributed by atoms with Crippen LogP contribution < -0.4 is 21.3 Å². The Balaban J connectivity index is 0.000000271. The van der Waals surface area contributed by atoms with Crippen molar-refractivity contribution in [2.75, 3.05) is 25.0 Å². The summed E-state index contributed by atoms with van der Waals surface area (Å²) in [5.74, 6) is 0.0119. The number of rotatable bonds is 5. The Morgan fingerprint density at radius 1 is 1.23 bits per heavy atom. The summed E-state index contributed by atoms with van der Waals surface area (Å²) in [5, 5.41) is 11.1. The van der Waals surface area contributed by atoms with E-state index in [1.807, 2.05) is 34.6 Å². The highest BCUT2D eigenvalue weighted by atomic mass is 35.5. The highest BCUT2D eigenvalue weighted by Gasteiger charge is 2.14. The summed E-state index contributed by atoms with van der Waals surface area (Å²) in [7, 11) is 0. The first-order valence-corrected chi connectivity index (χ1v) is 11.8. The van der Waals surface area contributed by atoms with Crippen LogP contribution in [-0.2, 0) is 27.3 Å². The number of nitrogens with zero attached hydrogens (tertiary/aromatic N) is 1. The molecule has 10 heteroatoms. The monoisotopic (exact) mass is 505 g/mol. The maximum Gasteiger partial charge on any atom is 0.407 e. The zero-order valence-electron chi connectivity index (χ0n) is 21.0. The van der Waals surface area contributed by atoms with E-state index in [-0.39, 0.29) is 24.1 Å². The van der Waals surface area contributed by atoms with Crippen molar-refractivity contribution in [2.24, 2.45) is 0 Å². The van der Waals surface area contributed by atoms with Crippen molar-refractivity contribution < 1.29 is 19.1 Å². The molecule has 35 heavy (non-hydrogen) atoms. The standard InChI is InChI=1S/C9H10ClN3O2.C9H11N.C7H15NO2/c1-6-3-12-8(2-7(6)10)13-9(15)4-11-5-14;1-2-4-9-7-10-6-5-8(9)3-1;1-5-8-6(9)10-7(2,3)4/h2-3,5H,4H2,1H3,(H,11,14)(H,12,13,15);1-4,10H,5-7H2;5H2,1-4H3,(H,8,9). The summed E-state index contributed by atoms with van der Waals surface area (Å²) in [4.78, 5) is 35.8. The van der Waals surface area contributed by atoms with Crippen LogP contribution in [0.15, 0.2) is 36.5 Å². The third-order valence-electron chi connectivity index (χ3n) is 4.38. The van der Waals surface area contributed by atoms with Crippen LogP contribution in [0.3, 0.4) is 0 Å². The lowest BCUT2D eigenvalue weighted by atomic mass is 10.0. The molecule has 4 N–H and O–H groups in total. The molecule has 9 nitrogen and oxygen atoms in total. The molecule has 3 amide bonds. The highest BCUT2D eigenvalue weighted by molar-refractivity contribution is 6.31. The van der Waals surface area contributed by atoms with E-state index in [9.17, 15) is 14.4 Å². The smallest absolute Gasteiger partial charge is 0.407 e. The predicted octanol–water partition coefficient (Wildman–Crippen LogP) is 3.59. The van der Waals surface area contributed by atoms with E-state index in [0.29, 0.717) is 23.8 Å². The number of amides is 3. The number of carbonyl (C=O) groups is 3. The molecular weight excluding hydrogens is 470 g/mol. The van der Waals surface area contributed by atoms with Gasteiger partial charge in [-0.2, -0.15) is 0 Å². The quantitative estimate of drug-likeness (QED) is 0.461. The van der Waals surface area contributed by atoms with Gasteiger partial charge in [0, 0.05) is 24.3 Å². The van der Waals surface area contributed by atoms with E-state index in [1.165, 1.54) is 17.5 Å². The molecule has 0 saturated heterocycles. The van der Waals surface area contributed by atoms with E-state index in [4.69, 9.17) is 16.3 Å². The topological polar surface area (TPSA) is 121 Å². The number of fused-ring (bicyclic) bond motifs is 1. The van der Waals surface area contributed by atoms with Crippen LogP contribution in [0, 0.1) is 6.92 Å². The normalized spacial score (nSPS) is 11.8. The van der Waals surface area contributed by atoms with Crippen molar-refractivity contribution in [3.05, 3.63) is 58.2 Å². The molecule has 0 radical (unpaired) electrons. The molecule has 0 saturated carbocycles. The van der Waals surface area contributed by atoms with Gasteiger partial charge in [-0.1, -0.05) is 35.9 Å². The fourth-order valence-electron chi connectivity index (χ4n) is 2.77. The number of ether oxygens (including phenoxy) is 1. The zero-order chi connectivity index (χ0) is 26.3. The van der Waals surface area contributed by atoms with Gasteiger partial charge in [0.15, 0.2) is 0 Å².